The number of hydrogen-bond donors (Lipinski definition) is 0. The van der Waals surface area contributed by atoms with E-state index in [1.54, 1.807) is 12.1 Å². The average Bonchev–Trinajstić information content (AvgIpc) is 2.30. The molecular weight excluding hydrogens is 199 g/mol. The first-order valence-corrected chi connectivity index (χ1v) is 6.43. The van der Waals surface area contributed by atoms with Crippen LogP contribution in [0.4, 0.5) is 4.39 Å². The van der Waals surface area contributed by atoms with E-state index in [1.807, 2.05) is 12.1 Å². The lowest BCUT2D eigenvalue weighted by atomic mass is 9.74. The van der Waals surface area contributed by atoms with Crippen molar-refractivity contribution in [3.05, 3.63) is 35.6 Å². The highest BCUT2D eigenvalue weighted by atomic mass is 19.1. The summed E-state index contributed by atoms with van der Waals surface area (Å²) in [5.74, 6) is 1.94. The second-order valence-corrected chi connectivity index (χ2v) is 5.39. The molecule has 0 radical (unpaired) electrons. The molecule has 1 aromatic rings. The van der Waals surface area contributed by atoms with Crippen LogP contribution in [0.3, 0.4) is 0 Å². The molecule has 1 aliphatic rings. The van der Waals surface area contributed by atoms with Crippen LogP contribution in [0.1, 0.15) is 51.0 Å². The molecule has 0 aliphatic heterocycles. The Morgan fingerprint density at radius 1 is 1.19 bits per heavy atom. The van der Waals surface area contributed by atoms with Crippen molar-refractivity contribution < 1.29 is 4.39 Å². The van der Waals surface area contributed by atoms with Crippen LogP contribution >= 0.6 is 0 Å². The number of halogens is 1. The van der Waals surface area contributed by atoms with Crippen LogP contribution in [0.2, 0.25) is 0 Å². The van der Waals surface area contributed by atoms with E-state index in [0.29, 0.717) is 5.92 Å². The maximum absolute atomic E-state index is 13.7. The van der Waals surface area contributed by atoms with E-state index in [2.05, 4.69) is 13.8 Å². The molecular formula is C15H21F. The molecule has 0 saturated heterocycles. The van der Waals surface area contributed by atoms with Gasteiger partial charge in [0.25, 0.3) is 0 Å². The molecule has 0 spiro atoms. The molecule has 1 fully saturated rings. The van der Waals surface area contributed by atoms with Crippen LogP contribution in [0.25, 0.3) is 0 Å². The fourth-order valence-corrected chi connectivity index (χ4v) is 2.92. The van der Waals surface area contributed by atoms with Crippen LogP contribution < -0.4 is 0 Å². The van der Waals surface area contributed by atoms with Crippen LogP contribution in [0.5, 0.6) is 0 Å². The topological polar surface area (TPSA) is 0 Å². The average molecular weight is 220 g/mol. The van der Waals surface area contributed by atoms with Crippen molar-refractivity contribution in [2.45, 2.75) is 45.4 Å². The third-order valence-electron chi connectivity index (χ3n) is 4.00. The van der Waals surface area contributed by atoms with E-state index in [9.17, 15) is 4.39 Å². The SMILES string of the molecule is CC(C)C1CCCC(c2ccccc2F)C1. The molecule has 2 rings (SSSR count). The molecule has 0 aromatic heterocycles. The summed E-state index contributed by atoms with van der Waals surface area (Å²) in [6, 6.07) is 7.29. The summed E-state index contributed by atoms with van der Waals surface area (Å²) in [4.78, 5) is 0. The lowest BCUT2D eigenvalue weighted by Crippen LogP contribution is -2.19. The van der Waals surface area contributed by atoms with E-state index >= 15 is 0 Å². The van der Waals surface area contributed by atoms with Crippen molar-refractivity contribution in [2.75, 3.05) is 0 Å². The van der Waals surface area contributed by atoms with Gasteiger partial charge in [0.1, 0.15) is 5.82 Å². The molecule has 0 N–H and O–H groups in total. The Morgan fingerprint density at radius 3 is 2.62 bits per heavy atom. The van der Waals surface area contributed by atoms with Crippen LogP contribution in [-0.2, 0) is 0 Å². The Morgan fingerprint density at radius 2 is 1.94 bits per heavy atom. The van der Waals surface area contributed by atoms with Gasteiger partial charge in [0.15, 0.2) is 0 Å². The highest BCUT2D eigenvalue weighted by molar-refractivity contribution is 5.22. The van der Waals surface area contributed by atoms with Gasteiger partial charge in [-0.25, -0.2) is 4.39 Å². The molecule has 0 bridgehead atoms. The molecule has 0 nitrogen and oxygen atoms in total. The highest BCUT2D eigenvalue weighted by Crippen LogP contribution is 2.39. The van der Waals surface area contributed by atoms with Gasteiger partial charge in [0.05, 0.1) is 0 Å². The summed E-state index contributed by atoms with van der Waals surface area (Å²) in [7, 11) is 0. The molecule has 2 unspecified atom stereocenters. The first-order chi connectivity index (χ1) is 7.68. The maximum atomic E-state index is 13.7. The molecule has 1 aliphatic carbocycles. The molecule has 0 heterocycles. The fourth-order valence-electron chi connectivity index (χ4n) is 2.92. The highest BCUT2D eigenvalue weighted by Gasteiger charge is 2.26. The summed E-state index contributed by atoms with van der Waals surface area (Å²) in [5, 5.41) is 0. The quantitative estimate of drug-likeness (QED) is 0.674. The maximum Gasteiger partial charge on any atom is 0.126 e. The first-order valence-electron chi connectivity index (χ1n) is 6.43. The van der Waals surface area contributed by atoms with Crippen LogP contribution in [-0.4, -0.2) is 0 Å². The normalized spacial score (nSPS) is 26.0. The minimum absolute atomic E-state index is 0.0168. The predicted octanol–water partition coefficient (Wildman–Crippen LogP) is 4.76. The molecule has 0 amide bonds. The van der Waals surface area contributed by atoms with Gasteiger partial charge in [0, 0.05) is 0 Å². The third kappa shape index (κ3) is 2.45. The number of hydrogen-bond acceptors (Lipinski definition) is 0. The smallest absolute Gasteiger partial charge is 0.126 e. The predicted molar refractivity (Wildman–Crippen MR) is 65.9 cm³/mol. The van der Waals surface area contributed by atoms with Crippen molar-refractivity contribution >= 4 is 0 Å². The summed E-state index contributed by atoms with van der Waals surface area (Å²) in [5.41, 5.74) is 0.938. The Hall–Kier alpha value is -0.850. The van der Waals surface area contributed by atoms with Gasteiger partial charge in [-0.3, -0.25) is 0 Å². The van der Waals surface area contributed by atoms with Gasteiger partial charge in [0.2, 0.25) is 0 Å². The minimum atomic E-state index is -0.0168. The van der Waals surface area contributed by atoms with E-state index in [1.165, 1.54) is 19.3 Å². The van der Waals surface area contributed by atoms with Crippen molar-refractivity contribution in [1.82, 2.24) is 0 Å². The second-order valence-electron chi connectivity index (χ2n) is 5.39. The van der Waals surface area contributed by atoms with Crippen LogP contribution in [0, 0.1) is 17.7 Å². The van der Waals surface area contributed by atoms with Gasteiger partial charge in [-0.15, -0.1) is 0 Å². The summed E-state index contributed by atoms with van der Waals surface area (Å²) < 4.78 is 13.7. The van der Waals surface area contributed by atoms with E-state index in [4.69, 9.17) is 0 Å². The Bertz CT molecular complexity index is 343. The summed E-state index contributed by atoms with van der Waals surface area (Å²) in [6.07, 6.45) is 4.90. The largest absolute Gasteiger partial charge is 0.207 e. The van der Waals surface area contributed by atoms with Gasteiger partial charge in [-0.2, -0.15) is 0 Å². The van der Waals surface area contributed by atoms with Crippen LogP contribution in [0.15, 0.2) is 24.3 Å². The molecule has 16 heavy (non-hydrogen) atoms. The summed E-state index contributed by atoms with van der Waals surface area (Å²) in [6.45, 7) is 4.57. The zero-order valence-corrected chi connectivity index (χ0v) is 10.2. The summed E-state index contributed by atoms with van der Waals surface area (Å²) >= 11 is 0. The van der Waals surface area contributed by atoms with E-state index < -0.39 is 0 Å². The minimum Gasteiger partial charge on any atom is -0.207 e. The monoisotopic (exact) mass is 220 g/mol. The fraction of sp³-hybridized carbons (Fsp3) is 0.600. The standard InChI is InChI=1S/C15H21F/c1-11(2)12-6-5-7-13(10-12)14-8-3-4-9-15(14)16/h3-4,8-9,11-13H,5-7,10H2,1-2H3. The third-order valence-corrected chi connectivity index (χ3v) is 4.00. The number of benzene rings is 1. The van der Waals surface area contributed by atoms with Crippen molar-refractivity contribution in [3.8, 4) is 0 Å². The lowest BCUT2D eigenvalue weighted by Gasteiger charge is -2.32. The van der Waals surface area contributed by atoms with E-state index in [-0.39, 0.29) is 5.82 Å². The van der Waals surface area contributed by atoms with Crippen molar-refractivity contribution in [1.29, 1.82) is 0 Å². The zero-order chi connectivity index (χ0) is 11.5. The number of rotatable bonds is 2. The van der Waals surface area contributed by atoms with Gasteiger partial charge in [-0.05, 0) is 42.2 Å². The second kappa shape index (κ2) is 4.99. The van der Waals surface area contributed by atoms with Crippen molar-refractivity contribution in [2.24, 2.45) is 11.8 Å². The Balaban J connectivity index is 2.13. The molecule has 1 saturated carbocycles. The first kappa shape index (κ1) is 11.6. The van der Waals surface area contributed by atoms with Gasteiger partial charge >= 0.3 is 0 Å². The lowest BCUT2D eigenvalue weighted by molar-refractivity contribution is 0.252. The zero-order valence-electron chi connectivity index (χ0n) is 10.2. The molecule has 1 aromatic carbocycles. The van der Waals surface area contributed by atoms with E-state index in [0.717, 1.165) is 23.8 Å². The molecule has 2 atom stereocenters. The Labute approximate surface area is 97.9 Å². The molecule has 1 heteroatoms. The Kier molecular flexibility index (Phi) is 3.63. The van der Waals surface area contributed by atoms with Gasteiger partial charge in [-0.1, -0.05) is 44.9 Å². The van der Waals surface area contributed by atoms with Gasteiger partial charge < -0.3 is 0 Å². The molecule has 88 valence electrons. The van der Waals surface area contributed by atoms with Crippen molar-refractivity contribution in [3.63, 3.8) is 0 Å².